The lowest BCUT2D eigenvalue weighted by Crippen LogP contribution is -2.33. The van der Waals surface area contributed by atoms with Crippen molar-refractivity contribution in [2.75, 3.05) is 13.7 Å². The van der Waals surface area contributed by atoms with Crippen LogP contribution in [0.2, 0.25) is 0 Å². The molecule has 0 saturated carbocycles. The highest BCUT2D eigenvalue weighted by atomic mass is 16.6. The molecule has 8 nitrogen and oxygen atoms in total. The minimum absolute atomic E-state index is 0.104. The van der Waals surface area contributed by atoms with Crippen molar-refractivity contribution in [2.24, 2.45) is 0 Å². The summed E-state index contributed by atoms with van der Waals surface area (Å²) in [7, 11) is 1.55. The minimum Gasteiger partial charge on any atom is -0.497 e. The molecule has 3 aromatic rings. The van der Waals surface area contributed by atoms with E-state index in [9.17, 15) is 19.7 Å². The van der Waals surface area contributed by atoms with Gasteiger partial charge < -0.3 is 14.6 Å². The number of nitrogens with one attached hydrogen (secondary N) is 1. The Hall–Kier alpha value is -3.68. The first-order chi connectivity index (χ1) is 13.9. The average Bonchev–Trinajstić information content (AvgIpc) is 2.73. The highest BCUT2D eigenvalue weighted by molar-refractivity contribution is 5.94. The summed E-state index contributed by atoms with van der Waals surface area (Å²) in [6.07, 6.45) is 0.684. The van der Waals surface area contributed by atoms with Gasteiger partial charge in [-0.1, -0.05) is 13.0 Å². The van der Waals surface area contributed by atoms with Crippen LogP contribution in [0.25, 0.3) is 10.9 Å². The molecule has 0 fully saturated rings. The second-order valence-corrected chi connectivity index (χ2v) is 6.61. The normalized spacial score (nSPS) is 10.7. The SMILES string of the molecule is CCCN(Cc1cc2ccc(OC)cc2[nH]c1=O)C(=O)c1cccc([N+](=O)[O-])c1. The number of carbonyl (C=O) groups excluding carboxylic acids is 1. The van der Waals surface area contributed by atoms with Gasteiger partial charge in [0.25, 0.3) is 17.2 Å². The number of aromatic amines is 1. The Labute approximate surface area is 166 Å². The van der Waals surface area contributed by atoms with Gasteiger partial charge in [-0.15, -0.1) is 0 Å². The number of H-pyrrole nitrogens is 1. The number of aromatic nitrogens is 1. The van der Waals surface area contributed by atoms with E-state index in [1.54, 1.807) is 25.3 Å². The summed E-state index contributed by atoms with van der Waals surface area (Å²) in [5.41, 5.74) is 0.859. The van der Waals surface area contributed by atoms with Gasteiger partial charge in [-0.25, -0.2) is 0 Å². The van der Waals surface area contributed by atoms with Crippen LogP contribution in [0.1, 0.15) is 29.3 Å². The molecule has 0 radical (unpaired) electrons. The molecule has 1 N–H and O–H groups in total. The van der Waals surface area contributed by atoms with Crippen molar-refractivity contribution in [1.29, 1.82) is 0 Å². The van der Waals surface area contributed by atoms with E-state index in [0.717, 1.165) is 5.39 Å². The number of non-ortho nitro benzene ring substituents is 1. The third-order valence-corrected chi connectivity index (χ3v) is 4.58. The van der Waals surface area contributed by atoms with Gasteiger partial charge in [0.15, 0.2) is 0 Å². The fourth-order valence-electron chi connectivity index (χ4n) is 3.13. The van der Waals surface area contributed by atoms with Gasteiger partial charge in [-0.2, -0.15) is 0 Å². The first kappa shape index (κ1) is 20.1. The van der Waals surface area contributed by atoms with E-state index in [2.05, 4.69) is 4.98 Å². The van der Waals surface area contributed by atoms with Crippen LogP contribution in [-0.2, 0) is 6.54 Å². The zero-order chi connectivity index (χ0) is 21.0. The summed E-state index contributed by atoms with van der Waals surface area (Å²) in [5.74, 6) is 0.277. The lowest BCUT2D eigenvalue weighted by Gasteiger charge is -2.22. The molecule has 0 spiro atoms. The van der Waals surface area contributed by atoms with E-state index in [1.807, 2.05) is 13.0 Å². The molecule has 3 rings (SSSR count). The Morgan fingerprint density at radius 3 is 2.69 bits per heavy atom. The number of carbonyl (C=O) groups is 1. The van der Waals surface area contributed by atoms with Gasteiger partial charge in [0.1, 0.15) is 5.75 Å². The van der Waals surface area contributed by atoms with Crippen LogP contribution in [-0.4, -0.2) is 34.4 Å². The quantitative estimate of drug-likeness (QED) is 0.487. The summed E-state index contributed by atoms with van der Waals surface area (Å²) in [4.78, 5) is 40.3. The van der Waals surface area contributed by atoms with E-state index in [-0.39, 0.29) is 29.3 Å². The highest BCUT2D eigenvalue weighted by Gasteiger charge is 2.19. The molecule has 1 heterocycles. The average molecular weight is 395 g/mol. The number of nitro groups is 1. The number of benzene rings is 2. The molecule has 0 aliphatic carbocycles. The predicted molar refractivity (Wildman–Crippen MR) is 109 cm³/mol. The first-order valence-corrected chi connectivity index (χ1v) is 9.16. The Bertz CT molecular complexity index is 1120. The maximum absolute atomic E-state index is 12.9. The van der Waals surface area contributed by atoms with Gasteiger partial charge >= 0.3 is 0 Å². The molecular weight excluding hydrogens is 374 g/mol. The molecule has 0 atom stereocenters. The van der Waals surface area contributed by atoms with Gasteiger partial charge in [0.05, 0.1) is 24.1 Å². The minimum atomic E-state index is -0.538. The summed E-state index contributed by atoms with van der Waals surface area (Å²) >= 11 is 0. The summed E-state index contributed by atoms with van der Waals surface area (Å²) in [5, 5.41) is 11.8. The number of hydrogen-bond acceptors (Lipinski definition) is 5. The molecule has 0 aliphatic heterocycles. The number of hydrogen-bond donors (Lipinski definition) is 1. The van der Waals surface area contributed by atoms with E-state index >= 15 is 0 Å². The maximum atomic E-state index is 12.9. The molecule has 8 heteroatoms. The third kappa shape index (κ3) is 4.43. The Kier molecular flexibility index (Phi) is 5.92. The lowest BCUT2D eigenvalue weighted by atomic mass is 10.1. The number of ether oxygens (including phenoxy) is 1. The van der Waals surface area contributed by atoms with Gasteiger partial charge in [-0.3, -0.25) is 19.7 Å². The maximum Gasteiger partial charge on any atom is 0.270 e. The molecule has 150 valence electrons. The standard InChI is InChI=1S/C21H21N3O5/c1-3-9-23(21(26)15-5-4-6-17(11-15)24(27)28)13-16-10-14-7-8-18(29-2)12-19(14)22-20(16)25/h4-8,10-12H,3,9,13H2,1-2H3,(H,22,25). The third-order valence-electron chi connectivity index (χ3n) is 4.58. The van der Waals surface area contributed by atoms with Crippen LogP contribution < -0.4 is 10.3 Å². The molecule has 0 bridgehead atoms. The van der Waals surface area contributed by atoms with Gasteiger partial charge in [-0.05, 0) is 36.1 Å². The Balaban J connectivity index is 1.93. The zero-order valence-corrected chi connectivity index (χ0v) is 16.2. The number of nitro benzene ring substituents is 1. The number of fused-ring (bicyclic) bond motifs is 1. The molecule has 0 saturated heterocycles. The second kappa shape index (κ2) is 8.55. The van der Waals surface area contributed by atoms with Crippen molar-refractivity contribution in [3.63, 3.8) is 0 Å². The predicted octanol–water partition coefficient (Wildman–Crippen LogP) is 3.50. The summed E-state index contributed by atoms with van der Waals surface area (Å²) in [6, 6.07) is 12.7. The van der Waals surface area contributed by atoms with Crippen LogP contribution in [0.15, 0.2) is 53.3 Å². The molecule has 2 aromatic carbocycles. The van der Waals surface area contributed by atoms with Crippen molar-refractivity contribution in [3.05, 3.63) is 80.1 Å². The number of nitrogens with zero attached hydrogens (tertiary/aromatic N) is 2. The van der Waals surface area contributed by atoms with Crippen molar-refractivity contribution in [2.45, 2.75) is 19.9 Å². The number of amides is 1. The van der Waals surface area contributed by atoms with E-state index in [4.69, 9.17) is 4.74 Å². The second-order valence-electron chi connectivity index (χ2n) is 6.61. The molecule has 29 heavy (non-hydrogen) atoms. The topological polar surface area (TPSA) is 106 Å². The first-order valence-electron chi connectivity index (χ1n) is 9.16. The fourth-order valence-corrected chi connectivity index (χ4v) is 3.13. The van der Waals surface area contributed by atoms with E-state index < -0.39 is 4.92 Å². The zero-order valence-electron chi connectivity index (χ0n) is 16.2. The van der Waals surface area contributed by atoms with Crippen LogP contribution in [0, 0.1) is 10.1 Å². The molecule has 1 amide bonds. The largest absolute Gasteiger partial charge is 0.497 e. The molecule has 1 aromatic heterocycles. The van der Waals surface area contributed by atoms with E-state index in [0.29, 0.717) is 29.8 Å². The number of pyridine rings is 1. The van der Waals surface area contributed by atoms with Gasteiger partial charge in [0.2, 0.25) is 0 Å². The van der Waals surface area contributed by atoms with Crippen molar-refractivity contribution in [3.8, 4) is 5.75 Å². The molecule has 0 aliphatic rings. The van der Waals surface area contributed by atoms with Crippen molar-refractivity contribution >= 4 is 22.5 Å². The number of methoxy groups -OCH3 is 1. The van der Waals surface area contributed by atoms with Crippen molar-refractivity contribution in [1.82, 2.24) is 9.88 Å². The monoisotopic (exact) mass is 395 g/mol. The Morgan fingerprint density at radius 1 is 1.21 bits per heavy atom. The number of rotatable bonds is 7. The lowest BCUT2D eigenvalue weighted by molar-refractivity contribution is -0.384. The summed E-state index contributed by atoms with van der Waals surface area (Å²) < 4.78 is 5.17. The highest BCUT2D eigenvalue weighted by Crippen LogP contribution is 2.20. The van der Waals surface area contributed by atoms with E-state index in [1.165, 1.54) is 29.2 Å². The summed E-state index contributed by atoms with van der Waals surface area (Å²) in [6.45, 7) is 2.44. The van der Waals surface area contributed by atoms with Crippen LogP contribution in [0.3, 0.4) is 0 Å². The fraction of sp³-hybridized carbons (Fsp3) is 0.238. The van der Waals surface area contributed by atoms with Crippen molar-refractivity contribution < 1.29 is 14.5 Å². The Morgan fingerprint density at radius 2 is 2.00 bits per heavy atom. The van der Waals surface area contributed by atoms with Crippen LogP contribution in [0.4, 0.5) is 5.69 Å². The molecule has 0 unspecified atom stereocenters. The smallest absolute Gasteiger partial charge is 0.270 e. The van der Waals surface area contributed by atoms with Gasteiger partial charge in [0, 0.05) is 35.9 Å². The van der Waals surface area contributed by atoms with Crippen LogP contribution >= 0.6 is 0 Å². The van der Waals surface area contributed by atoms with Crippen LogP contribution in [0.5, 0.6) is 5.75 Å². The molecular formula is C21H21N3O5.